The first-order chi connectivity index (χ1) is 9.19. The summed E-state index contributed by atoms with van der Waals surface area (Å²) in [5.41, 5.74) is 1.02. The van der Waals surface area contributed by atoms with Crippen LogP contribution in [0.5, 0.6) is 0 Å². The maximum absolute atomic E-state index is 13.5. The summed E-state index contributed by atoms with van der Waals surface area (Å²) in [6.45, 7) is 6.47. The third-order valence-corrected chi connectivity index (χ3v) is 4.92. The van der Waals surface area contributed by atoms with Crippen LogP contribution in [0.4, 0.5) is 4.39 Å². The number of hydrogen-bond donors (Lipinski definition) is 1. The standard InChI is InChI=1S/C15H20ClFN2/c1-2-15-12-7-18-6-11(12)9-19(15)8-10-3-4-13(16)14(17)5-10/h3-5,11-12,15,18H,2,6-9H2,1H3. The average molecular weight is 283 g/mol. The zero-order valence-electron chi connectivity index (χ0n) is 11.2. The van der Waals surface area contributed by atoms with Crippen molar-refractivity contribution in [1.82, 2.24) is 10.2 Å². The predicted molar refractivity (Wildman–Crippen MR) is 75.7 cm³/mol. The lowest BCUT2D eigenvalue weighted by molar-refractivity contribution is 0.210. The molecule has 1 aromatic carbocycles. The monoisotopic (exact) mass is 282 g/mol. The van der Waals surface area contributed by atoms with Gasteiger partial charge >= 0.3 is 0 Å². The van der Waals surface area contributed by atoms with Crippen LogP contribution in [0.1, 0.15) is 18.9 Å². The molecule has 1 aromatic rings. The highest BCUT2D eigenvalue weighted by Crippen LogP contribution is 2.35. The molecule has 0 spiro atoms. The Morgan fingerprint density at radius 2 is 2.26 bits per heavy atom. The first kappa shape index (κ1) is 13.3. The Hall–Kier alpha value is -0.640. The molecule has 0 aromatic heterocycles. The summed E-state index contributed by atoms with van der Waals surface area (Å²) in [6, 6.07) is 5.79. The summed E-state index contributed by atoms with van der Waals surface area (Å²) in [5.74, 6) is 1.22. The van der Waals surface area contributed by atoms with Gasteiger partial charge in [0, 0.05) is 19.1 Å². The van der Waals surface area contributed by atoms with E-state index in [0.29, 0.717) is 6.04 Å². The molecule has 19 heavy (non-hydrogen) atoms. The van der Waals surface area contributed by atoms with Gasteiger partial charge in [0.05, 0.1) is 5.02 Å². The minimum atomic E-state index is -0.312. The molecule has 3 atom stereocenters. The van der Waals surface area contributed by atoms with Gasteiger partial charge < -0.3 is 5.32 Å². The molecule has 3 unspecified atom stereocenters. The molecule has 2 saturated heterocycles. The highest BCUT2D eigenvalue weighted by atomic mass is 35.5. The van der Waals surface area contributed by atoms with Gasteiger partial charge in [-0.1, -0.05) is 24.6 Å². The van der Waals surface area contributed by atoms with Gasteiger partial charge in [-0.05, 0) is 49.0 Å². The number of halogens is 2. The third-order valence-electron chi connectivity index (χ3n) is 4.61. The summed E-state index contributed by atoms with van der Waals surface area (Å²) >= 11 is 5.73. The molecule has 2 aliphatic rings. The summed E-state index contributed by atoms with van der Waals surface area (Å²) in [4.78, 5) is 2.51. The first-order valence-electron chi connectivity index (χ1n) is 7.07. The number of nitrogens with zero attached hydrogens (tertiary/aromatic N) is 1. The number of rotatable bonds is 3. The Kier molecular flexibility index (Phi) is 3.79. The topological polar surface area (TPSA) is 15.3 Å². The van der Waals surface area contributed by atoms with Gasteiger partial charge in [-0.15, -0.1) is 0 Å². The van der Waals surface area contributed by atoms with Crippen molar-refractivity contribution in [2.75, 3.05) is 19.6 Å². The fourth-order valence-electron chi connectivity index (χ4n) is 3.73. The number of hydrogen-bond acceptors (Lipinski definition) is 2. The van der Waals surface area contributed by atoms with Gasteiger partial charge in [-0.2, -0.15) is 0 Å². The molecular formula is C15H20ClFN2. The van der Waals surface area contributed by atoms with Gasteiger partial charge in [0.15, 0.2) is 0 Å². The van der Waals surface area contributed by atoms with Crippen LogP contribution < -0.4 is 5.32 Å². The Morgan fingerprint density at radius 3 is 3.00 bits per heavy atom. The van der Waals surface area contributed by atoms with Crippen molar-refractivity contribution >= 4 is 11.6 Å². The number of benzene rings is 1. The average Bonchev–Trinajstić information content (AvgIpc) is 2.94. The fraction of sp³-hybridized carbons (Fsp3) is 0.600. The molecule has 104 valence electrons. The van der Waals surface area contributed by atoms with Crippen molar-refractivity contribution < 1.29 is 4.39 Å². The van der Waals surface area contributed by atoms with Crippen molar-refractivity contribution in [3.8, 4) is 0 Å². The fourth-order valence-corrected chi connectivity index (χ4v) is 3.84. The quantitative estimate of drug-likeness (QED) is 0.917. The van der Waals surface area contributed by atoms with E-state index in [9.17, 15) is 4.39 Å². The van der Waals surface area contributed by atoms with Crippen molar-refractivity contribution in [3.05, 3.63) is 34.6 Å². The molecule has 0 amide bonds. The molecule has 2 fully saturated rings. The van der Waals surface area contributed by atoms with Crippen molar-refractivity contribution in [2.24, 2.45) is 11.8 Å². The van der Waals surface area contributed by atoms with Crippen LogP contribution in [-0.2, 0) is 6.54 Å². The van der Waals surface area contributed by atoms with E-state index in [1.807, 2.05) is 6.07 Å². The Bertz CT molecular complexity index is 465. The molecule has 0 bridgehead atoms. The van der Waals surface area contributed by atoms with E-state index in [0.717, 1.165) is 43.6 Å². The van der Waals surface area contributed by atoms with Crippen molar-refractivity contribution in [2.45, 2.75) is 25.9 Å². The highest BCUT2D eigenvalue weighted by molar-refractivity contribution is 6.30. The smallest absolute Gasteiger partial charge is 0.142 e. The van der Waals surface area contributed by atoms with E-state index in [1.54, 1.807) is 12.1 Å². The lowest BCUT2D eigenvalue weighted by atomic mass is 9.93. The number of likely N-dealkylation sites (tertiary alicyclic amines) is 1. The highest BCUT2D eigenvalue weighted by Gasteiger charge is 2.42. The second-order valence-corrected chi connectivity index (χ2v) is 6.14. The second-order valence-electron chi connectivity index (χ2n) is 5.74. The van der Waals surface area contributed by atoms with Crippen LogP contribution in [0.2, 0.25) is 5.02 Å². The summed E-state index contributed by atoms with van der Waals surface area (Å²) < 4.78 is 13.5. The number of fused-ring (bicyclic) bond motifs is 1. The molecule has 4 heteroatoms. The van der Waals surface area contributed by atoms with E-state index < -0.39 is 0 Å². The van der Waals surface area contributed by atoms with E-state index in [2.05, 4.69) is 17.1 Å². The molecule has 0 aliphatic carbocycles. The zero-order chi connectivity index (χ0) is 13.4. The lowest BCUT2D eigenvalue weighted by Crippen LogP contribution is -2.34. The Labute approximate surface area is 118 Å². The van der Waals surface area contributed by atoms with Gasteiger partial charge in [0.1, 0.15) is 5.82 Å². The molecule has 0 saturated carbocycles. The maximum Gasteiger partial charge on any atom is 0.142 e. The SMILES string of the molecule is CCC1C2CNCC2CN1Cc1ccc(Cl)c(F)c1. The molecular weight excluding hydrogens is 263 g/mol. The van der Waals surface area contributed by atoms with E-state index in [1.165, 1.54) is 6.42 Å². The summed E-state index contributed by atoms with van der Waals surface area (Å²) in [5, 5.41) is 3.69. The van der Waals surface area contributed by atoms with Crippen LogP contribution in [0.15, 0.2) is 18.2 Å². The van der Waals surface area contributed by atoms with E-state index in [-0.39, 0.29) is 10.8 Å². The largest absolute Gasteiger partial charge is 0.316 e. The molecule has 0 radical (unpaired) electrons. The maximum atomic E-state index is 13.5. The summed E-state index contributed by atoms with van der Waals surface area (Å²) in [6.07, 6.45) is 1.17. The Balaban J connectivity index is 1.74. The van der Waals surface area contributed by atoms with Gasteiger partial charge in [-0.3, -0.25) is 4.90 Å². The zero-order valence-corrected chi connectivity index (χ0v) is 12.0. The van der Waals surface area contributed by atoms with E-state index in [4.69, 9.17) is 11.6 Å². The number of nitrogens with one attached hydrogen (secondary N) is 1. The van der Waals surface area contributed by atoms with Crippen molar-refractivity contribution in [3.63, 3.8) is 0 Å². The van der Waals surface area contributed by atoms with Crippen LogP contribution in [-0.4, -0.2) is 30.6 Å². The van der Waals surface area contributed by atoms with E-state index >= 15 is 0 Å². The van der Waals surface area contributed by atoms with Gasteiger partial charge in [0.2, 0.25) is 0 Å². The third kappa shape index (κ3) is 2.51. The molecule has 2 heterocycles. The molecule has 2 aliphatic heterocycles. The van der Waals surface area contributed by atoms with Crippen molar-refractivity contribution in [1.29, 1.82) is 0 Å². The van der Waals surface area contributed by atoms with Crippen LogP contribution in [0.25, 0.3) is 0 Å². The first-order valence-corrected chi connectivity index (χ1v) is 7.45. The lowest BCUT2D eigenvalue weighted by Gasteiger charge is -2.26. The van der Waals surface area contributed by atoms with Crippen LogP contribution in [0.3, 0.4) is 0 Å². The molecule has 3 rings (SSSR count). The van der Waals surface area contributed by atoms with Gasteiger partial charge in [0.25, 0.3) is 0 Å². The summed E-state index contributed by atoms with van der Waals surface area (Å²) in [7, 11) is 0. The van der Waals surface area contributed by atoms with Crippen LogP contribution in [0, 0.1) is 17.7 Å². The molecule has 2 nitrogen and oxygen atoms in total. The normalized spacial score (nSPS) is 30.8. The van der Waals surface area contributed by atoms with Gasteiger partial charge in [-0.25, -0.2) is 4.39 Å². The minimum absolute atomic E-state index is 0.207. The second kappa shape index (κ2) is 5.39. The predicted octanol–water partition coefficient (Wildman–Crippen LogP) is 2.91. The van der Waals surface area contributed by atoms with Crippen LogP contribution >= 0.6 is 11.6 Å². The Morgan fingerprint density at radius 1 is 1.42 bits per heavy atom. The molecule has 1 N–H and O–H groups in total. The minimum Gasteiger partial charge on any atom is -0.316 e.